The van der Waals surface area contributed by atoms with E-state index in [1.807, 2.05) is 0 Å². The molecule has 1 amide bonds. The number of methoxy groups -OCH3 is 1. The quantitative estimate of drug-likeness (QED) is 0.769. The molecule has 0 radical (unpaired) electrons. The van der Waals surface area contributed by atoms with Crippen LogP contribution in [0.4, 0.5) is 0 Å². The molecule has 94 valence electrons. The van der Waals surface area contributed by atoms with E-state index in [9.17, 15) is 4.79 Å². The molecule has 4 unspecified atom stereocenters. The monoisotopic (exact) mass is 248 g/mol. The van der Waals surface area contributed by atoms with Crippen LogP contribution in [0.5, 0.6) is 0 Å². The van der Waals surface area contributed by atoms with Gasteiger partial charge in [-0.15, -0.1) is 12.4 Å². The van der Waals surface area contributed by atoms with E-state index in [4.69, 9.17) is 10.5 Å². The minimum Gasteiger partial charge on any atom is -0.383 e. The molecule has 0 aromatic rings. The summed E-state index contributed by atoms with van der Waals surface area (Å²) in [6.45, 7) is 0.298. The zero-order valence-electron chi connectivity index (χ0n) is 9.65. The van der Waals surface area contributed by atoms with Crippen molar-refractivity contribution in [1.82, 2.24) is 5.32 Å². The molecule has 0 aliphatic heterocycles. The van der Waals surface area contributed by atoms with Gasteiger partial charge in [0.25, 0.3) is 0 Å². The summed E-state index contributed by atoms with van der Waals surface area (Å²) < 4.78 is 4.87. The number of carbonyl (C=O) groups excluding carboxylic acids is 1. The molecular weight excluding hydrogens is 228 g/mol. The number of amides is 1. The molecule has 2 rings (SSSR count). The average Bonchev–Trinajstić information content (AvgIpc) is 2.79. The van der Waals surface area contributed by atoms with Crippen LogP contribution in [0.3, 0.4) is 0 Å². The van der Waals surface area contributed by atoms with Gasteiger partial charge in [-0.3, -0.25) is 4.79 Å². The third-order valence-corrected chi connectivity index (χ3v) is 3.75. The van der Waals surface area contributed by atoms with E-state index in [-0.39, 0.29) is 18.3 Å². The van der Waals surface area contributed by atoms with Crippen molar-refractivity contribution in [3.05, 3.63) is 0 Å². The van der Waals surface area contributed by atoms with Crippen molar-refractivity contribution in [3.63, 3.8) is 0 Å². The number of nitrogens with one attached hydrogen (secondary N) is 1. The zero-order chi connectivity index (χ0) is 10.8. The Morgan fingerprint density at radius 2 is 2.25 bits per heavy atom. The van der Waals surface area contributed by atoms with E-state index in [0.717, 1.165) is 12.3 Å². The molecule has 3 N–H and O–H groups in total. The molecule has 2 aliphatic rings. The molecule has 2 bridgehead atoms. The Bertz CT molecular complexity index is 250. The van der Waals surface area contributed by atoms with Gasteiger partial charge in [0.05, 0.1) is 6.61 Å². The Morgan fingerprint density at radius 1 is 1.50 bits per heavy atom. The van der Waals surface area contributed by atoms with E-state index < -0.39 is 6.04 Å². The molecule has 0 aromatic heterocycles. The molecule has 0 saturated heterocycles. The van der Waals surface area contributed by atoms with E-state index in [1.54, 1.807) is 7.11 Å². The van der Waals surface area contributed by atoms with E-state index in [0.29, 0.717) is 18.6 Å². The lowest BCUT2D eigenvalue weighted by atomic mass is 9.95. The van der Waals surface area contributed by atoms with Crippen LogP contribution in [-0.2, 0) is 9.53 Å². The smallest absolute Gasteiger partial charge is 0.239 e. The first-order valence-electron chi connectivity index (χ1n) is 5.75. The molecule has 2 fully saturated rings. The third-order valence-electron chi connectivity index (χ3n) is 3.75. The summed E-state index contributed by atoms with van der Waals surface area (Å²) in [6, 6.07) is -0.145. The van der Waals surface area contributed by atoms with Crippen LogP contribution in [-0.4, -0.2) is 31.7 Å². The van der Waals surface area contributed by atoms with Gasteiger partial charge in [0.15, 0.2) is 0 Å². The van der Waals surface area contributed by atoms with Crippen LogP contribution in [0, 0.1) is 11.8 Å². The lowest BCUT2D eigenvalue weighted by molar-refractivity contribution is -0.124. The first-order valence-corrected chi connectivity index (χ1v) is 5.75. The van der Waals surface area contributed by atoms with Gasteiger partial charge in [-0.2, -0.15) is 0 Å². The maximum atomic E-state index is 11.6. The highest BCUT2D eigenvalue weighted by atomic mass is 35.5. The number of carbonyl (C=O) groups is 1. The number of nitrogens with two attached hydrogens (primary N) is 1. The van der Waals surface area contributed by atoms with Gasteiger partial charge in [-0.1, -0.05) is 6.42 Å². The Kier molecular flexibility index (Phi) is 5.02. The topological polar surface area (TPSA) is 64.3 Å². The summed E-state index contributed by atoms with van der Waals surface area (Å²) in [6.07, 6.45) is 5.07. The number of hydrogen-bond donors (Lipinski definition) is 2. The first kappa shape index (κ1) is 13.7. The summed E-state index contributed by atoms with van der Waals surface area (Å²) in [7, 11) is 1.56. The van der Waals surface area contributed by atoms with Gasteiger partial charge in [0.1, 0.15) is 6.04 Å². The van der Waals surface area contributed by atoms with Crippen molar-refractivity contribution in [2.45, 2.75) is 37.8 Å². The Hall–Kier alpha value is -0.320. The molecule has 0 aromatic carbocycles. The average molecular weight is 249 g/mol. The molecule has 0 heterocycles. The lowest BCUT2D eigenvalue weighted by Crippen LogP contribution is -2.48. The van der Waals surface area contributed by atoms with Crippen LogP contribution in [0.1, 0.15) is 25.7 Å². The largest absolute Gasteiger partial charge is 0.383 e. The number of hydrogen-bond acceptors (Lipinski definition) is 3. The number of halogens is 1. The molecule has 0 spiro atoms. The second-order valence-electron chi connectivity index (χ2n) is 4.85. The van der Waals surface area contributed by atoms with Crippen LogP contribution in [0.25, 0.3) is 0 Å². The lowest BCUT2D eigenvalue weighted by Gasteiger charge is -2.24. The first-order chi connectivity index (χ1) is 7.20. The number of rotatable bonds is 4. The minimum absolute atomic E-state index is 0. The molecule has 5 heteroatoms. The second kappa shape index (κ2) is 5.84. The van der Waals surface area contributed by atoms with Crippen molar-refractivity contribution in [1.29, 1.82) is 0 Å². The highest BCUT2D eigenvalue weighted by Gasteiger charge is 2.40. The van der Waals surface area contributed by atoms with Crippen molar-refractivity contribution in [2.24, 2.45) is 17.6 Å². The van der Waals surface area contributed by atoms with Crippen LogP contribution in [0.15, 0.2) is 0 Å². The van der Waals surface area contributed by atoms with Crippen LogP contribution < -0.4 is 11.1 Å². The van der Waals surface area contributed by atoms with Crippen molar-refractivity contribution < 1.29 is 9.53 Å². The van der Waals surface area contributed by atoms with Gasteiger partial charge in [0, 0.05) is 13.2 Å². The predicted octanol–water partition coefficient (Wildman–Crippen LogP) is 0.687. The van der Waals surface area contributed by atoms with Gasteiger partial charge in [-0.05, 0) is 31.1 Å². The maximum absolute atomic E-state index is 11.6. The van der Waals surface area contributed by atoms with Gasteiger partial charge in [0.2, 0.25) is 5.91 Å². The van der Waals surface area contributed by atoms with Crippen molar-refractivity contribution >= 4 is 18.3 Å². The molecule has 2 saturated carbocycles. The summed E-state index contributed by atoms with van der Waals surface area (Å²) >= 11 is 0. The molecule has 4 nitrogen and oxygen atoms in total. The van der Waals surface area contributed by atoms with Crippen molar-refractivity contribution in [3.8, 4) is 0 Å². The van der Waals surface area contributed by atoms with E-state index >= 15 is 0 Å². The standard InChI is InChI=1S/C11H20N2O2.ClH/c1-15-6-9(12)11(14)13-10-5-7-2-3-8(10)4-7;/h7-10H,2-6,12H2,1H3,(H,13,14);1H. The van der Waals surface area contributed by atoms with Crippen LogP contribution >= 0.6 is 12.4 Å². The molecule has 4 atom stereocenters. The summed E-state index contributed by atoms with van der Waals surface area (Å²) in [5.41, 5.74) is 5.67. The fourth-order valence-electron chi connectivity index (χ4n) is 2.97. The molecule has 2 aliphatic carbocycles. The predicted molar refractivity (Wildman–Crippen MR) is 64.5 cm³/mol. The fourth-order valence-corrected chi connectivity index (χ4v) is 2.97. The maximum Gasteiger partial charge on any atom is 0.239 e. The molecule has 16 heavy (non-hydrogen) atoms. The fraction of sp³-hybridized carbons (Fsp3) is 0.909. The molecular formula is C11H21ClN2O2. The normalized spacial score (nSPS) is 33.2. The van der Waals surface area contributed by atoms with E-state index in [1.165, 1.54) is 19.3 Å². The minimum atomic E-state index is -0.519. The third kappa shape index (κ3) is 2.87. The summed E-state index contributed by atoms with van der Waals surface area (Å²) in [5.74, 6) is 1.49. The number of ether oxygens (including phenoxy) is 1. The van der Waals surface area contributed by atoms with Gasteiger partial charge in [-0.25, -0.2) is 0 Å². The highest BCUT2D eigenvalue weighted by Crippen LogP contribution is 2.44. The van der Waals surface area contributed by atoms with Gasteiger partial charge >= 0.3 is 0 Å². The van der Waals surface area contributed by atoms with Gasteiger partial charge < -0.3 is 15.8 Å². The highest BCUT2D eigenvalue weighted by molar-refractivity contribution is 5.85. The van der Waals surface area contributed by atoms with Crippen molar-refractivity contribution in [2.75, 3.05) is 13.7 Å². The summed E-state index contributed by atoms with van der Waals surface area (Å²) in [4.78, 5) is 11.6. The summed E-state index contributed by atoms with van der Waals surface area (Å²) in [5, 5.41) is 3.05. The van der Waals surface area contributed by atoms with E-state index in [2.05, 4.69) is 5.32 Å². The van der Waals surface area contributed by atoms with Crippen LogP contribution in [0.2, 0.25) is 0 Å². The Labute approximate surface area is 103 Å². The Balaban J connectivity index is 0.00000128. The number of fused-ring (bicyclic) bond motifs is 2. The Morgan fingerprint density at radius 3 is 2.75 bits per heavy atom. The SMILES string of the molecule is COCC(N)C(=O)NC1CC2CCC1C2.Cl. The zero-order valence-corrected chi connectivity index (χ0v) is 10.5. The second-order valence-corrected chi connectivity index (χ2v) is 4.85.